The summed E-state index contributed by atoms with van der Waals surface area (Å²) in [5, 5.41) is 2.99. The van der Waals surface area contributed by atoms with Gasteiger partial charge in [0, 0.05) is 18.7 Å². The molecule has 0 spiro atoms. The molecule has 2 heterocycles. The zero-order chi connectivity index (χ0) is 20.2. The first-order chi connectivity index (χ1) is 14.1. The van der Waals surface area contributed by atoms with Crippen LogP contribution in [0.4, 0.5) is 0 Å². The minimum atomic E-state index is -0.0903. The predicted octanol–water partition coefficient (Wildman–Crippen LogP) is 2.58. The van der Waals surface area contributed by atoms with Crippen molar-refractivity contribution in [2.75, 3.05) is 26.2 Å². The quantitative estimate of drug-likeness (QED) is 0.703. The maximum atomic E-state index is 12.6. The van der Waals surface area contributed by atoms with Gasteiger partial charge in [-0.3, -0.25) is 9.59 Å². The summed E-state index contributed by atoms with van der Waals surface area (Å²) in [6.07, 6.45) is 2.51. The Morgan fingerprint density at radius 3 is 2.55 bits per heavy atom. The number of carbonyl (C=O) groups is 1. The second-order valence-electron chi connectivity index (χ2n) is 7.58. The molecular formula is C23H26N4O2. The number of amides is 1. The van der Waals surface area contributed by atoms with Gasteiger partial charge in [-0.1, -0.05) is 24.3 Å². The number of hydrogen-bond donors (Lipinski definition) is 1. The van der Waals surface area contributed by atoms with Crippen molar-refractivity contribution in [3.8, 4) is 0 Å². The Hall–Kier alpha value is -2.99. The molecule has 1 saturated heterocycles. The summed E-state index contributed by atoms with van der Waals surface area (Å²) in [5.74, 6) is -0.0573. The first-order valence-electron chi connectivity index (χ1n) is 10.2. The Bertz CT molecular complexity index is 1070. The monoisotopic (exact) mass is 390 g/mol. The van der Waals surface area contributed by atoms with Crippen molar-refractivity contribution < 1.29 is 4.79 Å². The van der Waals surface area contributed by atoms with E-state index in [-0.39, 0.29) is 11.5 Å². The Labute approximate surface area is 170 Å². The number of nitrogens with zero attached hydrogens (tertiary/aromatic N) is 3. The lowest BCUT2D eigenvalue weighted by atomic mass is 10.1. The number of benzene rings is 2. The topological polar surface area (TPSA) is 67.2 Å². The maximum Gasteiger partial charge on any atom is 0.272 e. The molecule has 150 valence electrons. The minimum Gasteiger partial charge on any atom is -0.351 e. The highest BCUT2D eigenvalue weighted by atomic mass is 16.1. The SMILES string of the molecule is Cc1nc2ccccc2n(Cc2ccc(C(=O)NCCN3CCCC3)cc2)c1=O. The van der Waals surface area contributed by atoms with Gasteiger partial charge in [0.25, 0.3) is 11.5 Å². The predicted molar refractivity (Wildman–Crippen MR) is 114 cm³/mol. The number of rotatable bonds is 6. The molecule has 1 N–H and O–H groups in total. The Morgan fingerprint density at radius 2 is 1.79 bits per heavy atom. The van der Waals surface area contributed by atoms with Crippen molar-refractivity contribution in [2.24, 2.45) is 0 Å². The van der Waals surface area contributed by atoms with Gasteiger partial charge in [0.05, 0.1) is 17.6 Å². The number of likely N-dealkylation sites (tertiary alicyclic amines) is 1. The zero-order valence-electron chi connectivity index (χ0n) is 16.7. The van der Waals surface area contributed by atoms with Gasteiger partial charge in [0.2, 0.25) is 0 Å². The molecule has 6 nitrogen and oxygen atoms in total. The number of aryl methyl sites for hydroxylation is 1. The third-order valence-electron chi connectivity index (χ3n) is 5.48. The van der Waals surface area contributed by atoms with Crippen molar-refractivity contribution in [2.45, 2.75) is 26.3 Å². The van der Waals surface area contributed by atoms with E-state index in [9.17, 15) is 9.59 Å². The van der Waals surface area contributed by atoms with Crippen LogP contribution in [0.3, 0.4) is 0 Å². The fourth-order valence-corrected chi connectivity index (χ4v) is 3.86. The molecule has 0 unspecified atom stereocenters. The van der Waals surface area contributed by atoms with Crippen LogP contribution in [-0.2, 0) is 6.54 Å². The lowest BCUT2D eigenvalue weighted by Crippen LogP contribution is -2.33. The van der Waals surface area contributed by atoms with Crippen LogP contribution in [0.5, 0.6) is 0 Å². The van der Waals surface area contributed by atoms with Gasteiger partial charge in [-0.05, 0) is 62.7 Å². The van der Waals surface area contributed by atoms with Crippen LogP contribution in [0, 0.1) is 6.92 Å². The standard InChI is InChI=1S/C23H26N4O2/c1-17-23(29)27(21-7-3-2-6-20(21)25-17)16-18-8-10-19(11-9-18)22(28)24-12-15-26-13-4-5-14-26/h2-3,6-11H,4-5,12-16H2,1H3,(H,24,28). The van der Waals surface area contributed by atoms with Gasteiger partial charge >= 0.3 is 0 Å². The molecule has 1 aliphatic rings. The molecule has 1 fully saturated rings. The summed E-state index contributed by atoms with van der Waals surface area (Å²) < 4.78 is 1.74. The third-order valence-corrected chi connectivity index (χ3v) is 5.48. The first kappa shape index (κ1) is 19.3. The molecule has 1 aromatic heterocycles. The number of aromatic nitrogens is 2. The average molecular weight is 390 g/mol. The van der Waals surface area contributed by atoms with E-state index in [4.69, 9.17) is 0 Å². The summed E-state index contributed by atoms with van der Waals surface area (Å²) in [6, 6.07) is 15.1. The van der Waals surface area contributed by atoms with Crippen LogP contribution < -0.4 is 10.9 Å². The van der Waals surface area contributed by atoms with Crippen molar-refractivity contribution in [1.29, 1.82) is 0 Å². The van der Waals surface area contributed by atoms with Gasteiger partial charge in [-0.25, -0.2) is 4.98 Å². The van der Waals surface area contributed by atoms with E-state index in [1.807, 2.05) is 48.5 Å². The van der Waals surface area contributed by atoms with Crippen LogP contribution in [0.1, 0.15) is 34.5 Å². The van der Waals surface area contributed by atoms with Gasteiger partial charge < -0.3 is 14.8 Å². The molecule has 0 aliphatic carbocycles. The summed E-state index contributed by atoms with van der Waals surface area (Å²) in [5.41, 5.74) is 3.62. The fourth-order valence-electron chi connectivity index (χ4n) is 3.86. The Morgan fingerprint density at radius 1 is 1.07 bits per heavy atom. The lowest BCUT2D eigenvalue weighted by molar-refractivity contribution is 0.0949. The normalized spacial score (nSPS) is 14.4. The third kappa shape index (κ3) is 4.38. The van der Waals surface area contributed by atoms with Crippen molar-refractivity contribution in [3.05, 3.63) is 75.7 Å². The van der Waals surface area contributed by atoms with Crippen LogP contribution in [0.2, 0.25) is 0 Å². The summed E-state index contributed by atoms with van der Waals surface area (Å²) in [6.45, 7) is 6.01. The smallest absolute Gasteiger partial charge is 0.272 e. The second-order valence-corrected chi connectivity index (χ2v) is 7.58. The van der Waals surface area contributed by atoms with Gasteiger partial charge in [-0.15, -0.1) is 0 Å². The van der Waals surface area contributed by atoms with Crippen molar-refractivity contribution >= 4 is 16.9 Å². The maximum absolute atomic E-state index is 12.6. The van der Waals surface area contributed by atoms with Crippen molar-refractivity contribution in [3.63, 3.8) is 0 Å². The van der Waals surface area contributed by atoms with Gasteiger partial charge in [-0.2, -0.15) is 0 Å². The molecule has 1 aliphatic heterocycles. The van der Waals surface area contributed by atoms with E-state index in [0.717, 1.165) is 36.2 Å². The highest BCUT2D eigenvalue weighted by Gasteiger charge is 2.12. The Balaban J connectivity index is 1.45. The van der Waals surface area contributed by atoms with Crippen LogP contribution in [0.15, 0.2) is 53.3 Å². The van der Waals surface area contributed by atoms with Crippen LogP contribution in [-0.4, -0.2) is 46.5 Å². The number of para-hydroxylation sites is 2. The summed E-state index contributed by atoms with van der Waals surface area (Å²) in [7, 11) is 0. The summed E-state index contributed by atoms with van der Waals surface area (Å²) in [4.78, 5) is 31.7. The van der Waals surface area contributed by atoms with Crippen molar-refractivity contribution in [1.82, 2.24) is 19.8 Å². The van der Waals surface area contributed by atoms with Crippen LogP contribution >= 0.6 is 0 Å². The number of nitrogens with one attached hydrogen (secondary N) is 1. The number of fused-ring (bicyclic) bond motifs is 1. The molecule has 4 rings (SSSR count). The first-order valence-corrected chi connectivity index (χ1v) is 10.2. The van der Waals surface area contributed by atoms with E-state index >= 15 is 0 Å². The molecular weight excluding hydrogens is 364 g/mol. The number of hydrogen-bond acceptors (Lipinski definition) is 4. The summed E-state index contributed by atoms with van der Waals surface area (Å²) >= 11 is 0. The molecule has 1 amide bonds. The molecule has 0 bridgehead atoms. The Kier molecular flexibility index (Phi) is 5.71. The molecule has 3 aromatic rings. The van der Waals surface area contributed by atoms with Gasteiger partial charge in [0.1, 0.15) is 5.69 Å². The van der Waals surface area contributed by atoms with Gasteiger partial charge in [0.15, 0.2) is 0 Å². The van der Waals surface area contributed by atoms with E-state index in [1.165, 1.54) is 12.8 Å². The molecule has 0 atom stereocenters. The molecule has 6 heteroatoms. The highest BCUT2D eigenvalue weighted by molar-refractivity contribution is 5.94. The lowest BCUT2D eigenvalue weighted by Gasteiger charge is -2.15. The van der Waals surface area contributed by atoms with E-state index in [2.05, 4.69) is 15.2 Å². The molecule has 0 radical (unpaired) electrons. The zero-order valence-corrected chi connectivity index (χ0v) is 16.7. The van der Waals surface area contributed by atoms with E-state index in [1.54, 1.807) is 11.5 Å². The van der Waals surface area contributed by atoms with E-state index < -0.39 is 0 Å². The molecule has 29 heavy (non-hydrogen) atoms. The van der Waals surface area contributed by atoms with E-state index in [0.29, 0.717) is 24.3 Å². The minimum absolute atomic E-state index is 0.0573. The number of carbonyl (C=O) groups excluding carboxylic acids is 1. The average Bonchev–Trinajstić information content (AvgIpc) is 3.25. The largest absolute Gasteiger partial charge is 0.351 e. The fraction of sp³-hybridized carbons (Fsp3) is 0.348. The molecule has 0 saturated carbocycles. The molecule has 2 aromatic carbocycles. The van der Waals surface area contributed by atoms with Crippen LogP contribution in [0.25, 0.3) is 11.0 Å². The second kappa shape index (κ2) is 8.57. The highest BCUT2D eigenvalue weighted by Crippen LogP contribution is 2.13.